The third-order valence-electron chi connectivity index (χ3n) is 6.27. The van der Waals surface area contributed by atoms with Gasteiger partial charge in [-0.25, -0.2) is 9.78 Å². The van der Waals surface area contributed by atoms with E-state index in [-0.39, 0.29) is 17.8 Å². The molecule has 1 spiro atoms. The zero-order chi connectivity index (χ0) is 20.3. The Bertz CT molecular complexity index is 761. The Kier molecular flexibility index (Phi) is 6.18. The molecule has 1 aliphatic heterocycles. The lowest BCUT2D eigenvalue weighted by Crippen LogP contribution is -2.44. The van der Waals surface area contributed by atoms with Crippen LogP contribution in [0, 0.1) is 0 Å². The number of aryl methyl sites for hydroxylation is 3. The number of urea groups is 1. The molecule has 0 radical (unpaired) electrons. The molecule has 4 amide bonds. The summed E-state index contributed by atoms with van der Waals surface area (Å²) in [6.45, 7) is 0.944. The van der Waals surface area contributed by atoms with Gasteiger partial charge in [-0.15, -0.1) is 11.3 Å². The van der Waals surface area contributed by atoms with Gasteiger partial charge >= 0.3 is 6.03 Å². The maximum absolute atomic E-state index is 12.6. The van der Waals surface area contributed by atoms with Crippen molar-refractivity contribution >= 4 is 29.2 Å². The Balaban J connectivity index is 1.12. The maximum atomic E-state index is 12.6. The Morgan fingerprint density at radius 2 is 1.93 bits per heavy atom. The van der Waals surface area contributed by atoms with E-state index < -0.39 is 5.54 Å². The van der Waals surface area contributed by atoms with Crippen LogP contribution in [0.1, 0.15) is 73.4 Å². The summed E-state index contributed by atoms with van der Waals surface area (Å²) in [7, 11) is 0. The van der Waals surface area contributed by atoms with E-state index in [2.05, 4.69) is 10.6 Å². The molecule has 1 saturated heterocycles. The van der Waals surface area contributed by atoms with E-state index >= 15 is 0 Å². The molecule has 0 atom stereocenters. The van der Waals surface area contributed by atoms with Crippen molar-refractivity contribution in [1.29, 1.82) is 0 Å². The van der Waals surface area contributed by atoms with E-state index in [9.17, 15) is 14.4 Å². The second-order valence-electron chi connectivity index (χ2n) is 8.42. The molecule has 0 unspecified atom stereocenters. The molecule has 4 rings (SSSR count). The van der Waals surface area contributed by atoms with E-state index in [1.165, 1.54) is 39.7 Å². The number of fused-ring (bicyclic) bond motifs is 1. The molecule has 8 heteroatoms. The lowest BCUT2D eigenvalue weighted by Gasteiger charge is -2.19. The highest BCUT2D eigenvalue weighted by molar-refractivity contribution is 7.11. The lowest BCUT2D eigenvalue weighted by molar-refractivity contribution is -0.131. The summed E-state index contributed by atoms with van der Waals surface area (Å²) in [6.07, 6.45) is 10.8. The summed E-state index contributed by atoms with van der Waals surface area (Å²) in [5.41, 5.74) is 0.633. The van der Waals surface area contributed by atoms with Crippen molar-refractivity contribution < 1.29 is 14.4 Å². The maximum Gasteiger partial charge on any atom is 0.325 e. The van der Waals surface area contributed by atoms with Crippen LogP contribution in [0.3, 0.4) is 0 Å². The molecule has 29 heavy (non-hydrogen) atoms. The average molecular weight is 419 g/mol. The molecule has 2 N–H and O–H groups in total. The first-order valence-electron chi connectivity index (χ1n) is 11.0. The van der Waals surface area contributed by atoms with E-state index in [4.69, 9.17) is 4.98 Å². The van der Waals surface area contributed by atoms with Gasteiger partial charge in [-0.2, -0.15) is 0 Å². The number of rotatable bonds is 8. The number of hydrogen-bond donors (Lipinski definition) is 2. The van der Waals surface area contributed by atoms with Gasteiger partial charge in [-0.3, -0.25) is 14.5 Å². The van der Waals surface area contributed by atoms with Crippen LogP contribution in [0.2, 0.25) is 0 Å². The Labute approximate surface area is 175 Å². The SMILES string of the molecule is O=C(CCCN1C(=O)NC2(CCCC2)C1=O)NCCCc1nc2c(s1)CCCC2. The summed E-state index contributed by atoms with van der Waals surface area (Å²) in [6, 6.07) is -0.302. The molecule has 1 aromatic heterocycles. The minimum absolute atomic E-state index is 0.0222. The molecule has 158 valence electrons. The van der Waals surface area contributed by atoms with Gasteiger partial charge in [0.2, 0.25) is 5.91 Å². The molecule has 1 saturated carbocycles. The summed E-state index contributed by atoms with van der Waals surface area (Å²) < 4.78 is 0. The van der Waals surface area contributed by atoms with Gasteiger partial charge in [0.25, 0.3) is 5.91 Å². The summed E-state index contributed by atoms with van der Waals surface area (Å²) in [5.74, 6) is -0.127. The number of aromatic nitrogens is 1. The third kappa shape index (κ3) is 4.47. The number of carbonyl (C=O) groups excluding carboxylic acids is 3. The predicted octanol–water partition coefficient (Wildman–Crippen LogP) is 2.72. The van der Waals surface area contributed by atoms with Gasteiger partial charge in [0, 0.05) is 30.8 Å². The van der Waals surface area contributed by atoms with E-state index in [1.807, 2.05) is 11.3 Å². The van der Waals surface area contributed by atoms with Crippen molar-refractivity contribution in [2.75, 3.05) is 13.1 Å². The van der Waals surface area contributed by atoms with Crippen molar-refractivity contribution in [3.05, 3.63) is 15.6 Å². The predicted molar refractivity (Wildman–Crippen MR) is 111 cm³/mol. The van der Waals surface area contributed by atoms with E-state index in [0.717, 1.165) is 44.9 Å². The van der Waals surface area contributed by atoms with Crippen LogP contribution in [-0.4, -0.2) is 46.4 Å². The number of carbonyl (C=O) groups is 3. The zero-order valence-electron chi connectivity index (χ0n) is 16.9. The molecular formula is C21H30N4O3S. The lowest BCUT2D eigenvalue weighted by atomic mass is 9.98. The largest absolute Gasteiger partial charge is 0.356 e. The van der Waals surface area contributed by atoms with Gasteiger partial charge < -0.3 is 10.6 Å². The zero-order valence-corrected chi connectivity index (χ0v) is 17.7. The number of amides is 4. The highest BCUT2D eigenvalue weighted by Gasteiger charge is 2.52. The fourth-order valence-electron chi connectivity index (χ4n) is 4.66. The Hall–Kier alpha value is -1.96. The summed E-state index contributed by atoms with van der Waals surface area (Å²) in [4.78, 5) is 44.3. The van der Waals surface area contributed by atoms with Crippen molar-refractivity contribution in [3.63, 3.8) is 0 Å². The Morgan fingerprint density at radius 3 is 2.72 bits per heavy atom. The molecule has 3 aliphatic rings. The standard InChI is InChI=1S/C21H30N4O3S/c26-17(22-13-5-10-18-23-15-7-1-2-8-16(15)29-18)9-6-14-25-19(27)21(24-20(25)28)11-3-4-12-21/h1-14H2,(H,22,26)(H,24,28). The topological polar surface area (TPSA) is 91.4 Å². The first-order chi connectivity index (χ1) is 14.1. The van der Waals surface area contributed by atoms with Crippen LogP contribution >= 0.6 is 11.3 Å². The van der Waals surface area contributed by atoms with Crippen LogP contribution in [0.25, 0.3) is 0 Å². The van der Waals surface area contributed by atoms with Crippen LogP contribution in [0.15, 0.2) is 0 Å². The van der Waals surface area contributed by atoms with Gasteiger partial charge in [0.15, 0.2) is 0 Å². The first kappa shape index (κ1) is 20.3. The molecule has 0 bridgehead atoms. The minimum Gasteiger partial charge on any atom is -0.356 e. The van der Waals surface area contributed by atoms with Crippen LogP contribution in [0.4, 0.5) is 4.79 Å². The number of nitrogens with one attached hydrogen (secondary N) is 2. The molecule has 0 aromatic carbocycles. The molecule has 2 heterocycles. The summed E-state index contributed by atoms with van der Waals surface area (Å²) >= 11 is 1.83. The molecule has 2 fully saturated rings. The highest BCUT2D eigenvalue weighted by Crippen LogP contribution is 2.35. The van der Waals surface area contributed by atoms with Gasteiger partial charge in [0.1, 0.15) is 5.54 Å². The smallest absolute Gasteiger partial charge is 0.325 e. The van der Waals surface area contributed by atoms with Gasteiger partial charge in [0.05, 0.1) is 10.7 Å². The van der Waals surface area contributed by atoms with Gasteiger partial charge in [-0.05, 0) is 51.4 Å². The van der Waals surface area contributed by atoms with Crippen LogP contribution in [-0.2, 0) is 28.9 Å². The molecule has 7 nitrogen and oxygen atoms in total. The second kappa shape index (κ2) is 8.81. The molecule has 2 aliphatic carbocycles. The minimum atomic E-state index is -0.658. The number of hydrogen-bond acceptors (Lipinski definition) is 5. The number of nitrogens with zero attached hydrogens (tertiary/aromatic N) is 2. The summed E-state index contributed by atoms with van der Waals surface area (Å²) in [5, 5.41) is 7.01. The first-order valence-corrected chi connectivity index (χ1v) is 11.8. The monoisotopic (exact) mass is 418 g/mol. The average Bonchev–Trinajstić information content (AvgIpc) is 3.40. The normalized spacial score (nSPS) is 20.2. The van der Waals surface area contributed by atoms with Crippen molar-refractivity contribution in [2.45, 2.75) is 82.6 Å². The van der Waals surface area contributed by atoms with Crippen molar-refractivity contribution in [2.24, 2.45) is 0 Å². The Morgan fingerprint density at radius 1 is 1.14 bits per heavy atom. The van der Waals surface area contributed by atoms with Crippen LogP contribution < -0.4 is 10.6 Å². The fourth-order valence-corrected chi connectivity index (χ4v) is 5.86. The van der Waals surface area contributed by atoms with Crippen LogP contribution in [0.5, 0.6) is 0 Å². The van der Waals surface area contributed by atoms with Crippen molar-refractivity contribution in [3.8, 4) is 0 Å². The second-order valence-corrected chi connectivity index (χ2v) is 9.59. The van der Waals surface area contributed by atoms with E-state index in [0.29, 0.717) is 25.9 Å². The number of thiazole rings is 1. The van der Waals surface area contributed by atoms with Gasteiger partial charge in [-0.1, -0.05) is 12.8 Å². The fraction of sp³-hybridized carbons (Fsp3) is 0.714. The molecular weight excluding hydrogens is 388 g/mol. The van der Waals surface area contributed by atoms with Crippen molar-refractivity contribution in [1.82, 2.24) is 20.5 Å². The third-order valence-corrected chi connectivity index (χ3v) is 7.49. The highest BCUT2D eigenvalue weighted by atomic mass is 32.1. The quantitative estimate of drug-likeness (QED) is 0.502. The number of imide groups is 1. The van der Waals surface area contributed by atoms with E-state index in [1.54, 1.807) is 0 Å². The molecule has 1 aromatic rings.